The Kier molecular flexibility index (Phi) is 6.61. The number of rotatable bonds is 8. The molecule has 0 aliphatic carbocycles. The number of nitrogens with zero attached hydrogens (tertiary/aromatic N) is 6. The SMILES string of the molecule is CNC(Cn1cnnn1)Oc1cc(-c2cnc(Nc3ccc4c(c3)CCNC4)nc2)ccc1Cl. The van der Waals surface area contributed by atoms with Gasteiger partial charge < -0.3 is 15.4 Å². The molecule has 11 heteroatoms. The monoisotopic (exact) mass is 477 g/mol. The number of anilines is 2. The number of aromatic nitrogens is 6. The molecule has 1 aliphatic heterocycles. The minimum atomic E-state index is -0.369. The summed E-state index contributed by atoms with van der Waals surface area (Å²) in [5.74, 6) is 1.08. The molecule has 0 amide bonds. The molecule has 174 valence electrons. The van der Waals surface area contributed by atoms with Gasteiger partial charge in [-0.25, -0.2) is 14.6 Å². The molecule has 10 nitrogen and oxygen atoms in total. The maximum absolute atomic E-state index is 6.39. The van der Waals surface area contributed by atoms with E-state index in [-0.39, 0.29) is 6.23 Å². The summed E-state index contributed by atoms with van der Waals surface area (Å²) in [7, 11) is 1.80. The highest BCUT2D eigenvalue weighted by atomic mass is 35.5. The highest BCUT2D eigenvalue weighted by Gasteiger charge is 2.14. The summed E-state index contributed by atoms with van der Waals surface area (Å²) in [5, 5.41) is 21.4. The van der Waals surface area contributed by atoms with Crippen molar-refractivity contribution in [3.05, 3.63) is 71.3 Å². The molecule has 0 fully saturated rings. The average Bonchev–Trinajstić information content (AvgIpc) is 3.38. The molecule has 1 unspecified atom stereocenters. The molecule has 34 heavy (non-hydrogen) atoms. The van der Waals surface area contributed by atoms with E-state index >= 15 is 0 Å². The number of nitrogens with one attached hydrogen (secondary N) is 3. The second-order valence-corrected chi connectivity index (χ2v) is 8.31. The molecule has 5 rings (SSSR count). The van der Waals surface area contributed by atoms with E-state index in [1.165, 1.54) is 17.5 Å². The zero-order valence-electron chi connectivity index (χ0n) is 18.6. The fourth-order valence-corrected chi connectivity index (χ4v) is 3.94. The summed E-state index contributed by atoms with van der Waals surface area (Å²) < 4.78 is 7.64. The molecule has 2 aromatic carbocycles. The molecule has 1 atom stereocenters. The largest absolute Gasteiger partial charge is 0.472 e. The lowest BCUT2D eigenvalue weighted by molar-refractivity contribution is 0.148. The van der Waals surface area contributed by atoms with E-state index in [0.29, 0.717) is 23.3 Å². The normalized spacial score (nSPS) is 13.8. The number of halogens is 1. The van der Waals surface area contributed by atoms with E-state index < -0.39 is 0 Å². The van der Waals surface area contributed by atoms with Crippen LogP contribution in [0.5, 0.6) is 5.75 Å². The first-order valence-corrected chi connectivity index (χ1v) is 11.3. The van der Waals surface area contributed by atoms with Crippen molar-refractivity contribution in [1.82, 2.24) is 40.8 Å². The lowest BCUT2D eigenvalue weighted by atomic mass is 10.0. The minimum Gasteiger partial charge on any atom is -0.472 e. The minimum absolute atomic E-state index is 0.369. The van der Waals surface area contributed by atoms with Gasteiger partial charge in [-0.3, -0.25) is 5.32 Å². The molecule has 2 aromatic heterocycles. The Morgan fingerprint density at radius 3 is 2.79 bits per heavy atom. The van der Waals surface area contributed by atoms with Crippen LogP contribution in [0.2, 0.25) is 5.02 Å². The van der Waals surface area contributed by atoms with Gasteiger partial charge in [-0.05, 0) is 71.4 Å². The van der Waals surface area contributed by atoms with Gasteiger partial charge in [0.05, 0.1) is 11.6 Å². The zero-order chi connectivity index (χ0) is 23.3. The van der Waals surface area contributed by atoms with Gasteiger partial charge in [0.15, 0.2) is 6.23 Å². The number of hydrogen-bond donors (Lipinski definition) is 3. The van der Waals surface area contributed by atoms with Crippen LogP contribution in [0, 0.1) is 0 Å². The van der Waals surface area contributed by atoms with Crippen LogP contribution in [0.15, 0.2) is 55.1 Å². The van der Waals surface area contributed by atoms with Crippen molar-refractivity contribution >= 4 is 23.2 Å². The van der Waals surface area contributed by atoms with Gasteiger partial charge in [0.1, 0.15) is 12.1 Å². The molecule has 0 radical (unpaired) electrons. The van der Waals surface area contributed by atoms with Gasteiger partial charge >= 0.3 is 0 Å². The Morgan fingerprint density at radius 1 is 1.12 bits per heavy atom. The van der Waals surface area contributed by atoms with Crippen LogP contribution in [-0.4, -0.2) is 50.0 Å². The summed E-state index contributed by atoms with van der Waals surface area (Å²) in [6.45, 7) is 2.34. The third-order valence-corrected chi connectivity index (χ3v) is 5.91. The van der Waals surface area contributed by atoms with E-state index in [0.717, 1.165) is 36.3 Å². The Morgan fingerprint density at radius 2 is 2.00 bits per heavy atom. The Bertz CT molecular complexity index is 1250. The molecule has 0 bridgehead atoms. The van der Waals surface area contributed by atoms with E-state index in [1.807, 2.05) is 12.1 Å². The lowest BCUT2D eigenvalue weighted by Crippen LogP contribution is -2.36. The van der Waals surface area contributed by atoms with Gasteiger partial charge in [0, 0.05) is 30.2 Å². The molecule has 4 aromatic rings. The summed E-state index contributed by atoms with van der Waals surface area (Å²) in [6.07, 6.45) is 5.74. The van der Waals surface area contributed by atoms with Gasteiger partial charge in [-0.2, -0.15) is 0 Å². The van der Waals surface area contributed by atoms with E-state index in [4.69, 9.17) is 16.3 Å². The Balaban J connectivity index is 1.29. The Hall–Kier alpha value is -3.60. The zero-order valence-corrected chi connectivity index (χ0v) is 19.3. The standard InChI is InChI=1S/C23H24ClN9O/c1-25-22(13-33-14-29-31-32-33)34-21-9-15(3-5-20(21)24)18-11-27-23(28-12-18)30-19-4-2-17-10-26-7-6-16(17)8-19/h2-5,8-9,11-12,14,22,25-26H,6-7,10,13H2,1H3,(H,27,28,30). The fraction of sp³-hybridized carbons (Fsp3) is 0.261. The molecular formula is C23H24ClN9O. The predicted octanol–water partition coefficient (Wildman–Crippen LogP) is 2.80. The van der Waals surface area contributed by atoms with Crippen LogP contribution in [0.3, 0.4) is 0 Å². The first kappa shape index (κ1) is 22.2. The number of benzene rings is 2. The topological polar surface area (TPSA) is 115 Å². The van der Waals surface area contributed by atoms with Crippen LogP contribution < -0.4 is 20.7 Å². The van der Waals surface area contributed by atoms with Crippen molar-refractivity contribution in [2.75, 3.05) is 18.9 Å². The first-order chi connectivity index (χ1) is 16.7. The van der Waals surface area contributed by atoms with Crippen LogP contribution in [0.1, 0.15) is 11.1 Å². The van der Waals surface area contributed by atoms with Crippen LogP contribution >= 0.6 is 11.6 Å². The fourth-order valence-electron chi connectivity index (χ4n) is 3.77. The summed E-state index contributed by atoms with van der Waals surface area (Å²) in [6, 6.07) is 11.9. The highest BCUT2D eigenvalue weighted by Crippen LogP contribution is 2.31. The third-order valence-electron chi connectivity index (χ3n) is 5.60. The van der Waals surface area contributed by atoms with E-state index in [2.05, 4.69) is 59.6 Å². The average molecular weight is 478 g/mol. The van der Waals surface area contributed by atoms with Crippen molar-refractivity contribution < 1.29 is 4.74 Å². The summed E-state index contributed by atoms with van der Waals surface area (Å²) in [5.41, 5.74) is 5.42. The predicted molar refractivity (Wildman–Crippen MR) is 129 cm³/mol. The summed E-state index contributed by atoms with van der Waals surface area (Å²) >= 11 is 6.39. The van der Waals surface area contributed by atoms with Gasteiger partial charge in [0.2, 0.25) is 5.95 Å². The smallest absolute Gasteiger partial charge is 0.227 e. The molecule has 1 aliphatic rings. The van der Waals surface area contributed by atoms with Crippen molar-refractivity contribution in [3.8, 4) is 16.9 Å². The van der Waals surface area contributed by atoms with Gasteiger partial charge in [0.25, 0.3) is 0 Å². The number of hydrogen-bond acceptors (Lipinski definition) is 9. The second kappa shape index (κ2) is 10.1. The van der Waals surface area contributed by atoms with Crippen LogP contribution in [0.4, 0.5) is 11.6 Å². The molecule has 3 heterocycles. The van der Waals surface area contributed by atoms with E-state index in [9.17, 15) is 0 Å². The highest BCUT2D eigenvalue weighted by molar-refractivity contribution is 6.32. The summed E-state index contributed by atoms with van der Waals surface area (Å²) in [4.78, 5) is 8.99. The third kappa shape index (κ3) is 5.14. The van der Waals surface area contributed by atoms with Gasteiger partial charge in [-0.15, -0.1) is 5.10 Å². The van der Waals surface area contributed by atoms with Crippen molar-refractivity contribution in [2.24, 2.45) is 0 Å². The lowest BCUT2D eigenvalue weighted by Gasteiger charge is -2.19. The molecule has 0 saturated carbocycles. The quantitative estimate of drug-likeness (QED) is 0.329. The van der Waals surface area contributed by atoms with Crippen molar-refractivity contribution in [1.29, 1.82) is 0 Å². The number of likely N-dealkylation sites (N-methyl/N-ethyl adjacent to an activating group) is 1. The number of ether oxygens (including phenoxy) is 1. The maximum atomic E-state index is 6.39. The Labute approximate surface area is 201 Å². The molecule has 0 spiro atoms. The van der Waals surface area contributed by atoms with E-state index in [1.54, 1.807) is 30.2 Å². The van der Waals surface area contributed by atoms with Crippen LogP contribution in [0.25, 0.3) is 11.1 Å². The molecule has 0 saturated heterocycles. The molecule has 3 N–H and O–H groups in total. The maximum Gasteiger partial charge on any atom is 0.227 e. The first-order valence-electron chi connectivity index (χ1n) is 10.9. The van der Waals surface area contributed by atoms with Gasteiger partial charge in [-0.1, -0.05) is 23.7 Å². The van der Waals surface area contributed by atoms with Crippen molar-refractivity contribution in [2.45, 2.75) is 25.7 Å². The van der Waals surface area contributed by atoms with Crippen molar-refractivity contribution in [3.63, 3.8) is 0 Å². The number of fused-ring (bicyclic) bond motifs is 1. The second-order valence-electron chi connectivity index (χ2n) is 7.90. The molecular weight excluding hydrogens is 454 g/mol. The van der Waals surface area contributed by atoms with Crippen LogP contribution in [-0.2, 0) is 19.5 Å². The number of tetrazole rings is 1.